The van der Waals surface area contributed by atoms with Gasteiger partial charge in [0.2, 0.25) is 0 Å². The van der Waals surface area contributed by atoms with Gasteiger partial charge in [-0.2, -0.15) is 0 Å². The first-order chi connectivity index (χ1) is 13.2. The molecule has 0 bridgehead atoms. The van der Waals surface area contributed by atoms with Crippen LogP contribution >= 0.6 is 0 Å². The van der Waals surface area contributed by atoms with E-state index in [-0.39, 0.29) is 29.3 Å². The second-order valence-electron chi connectivity index (χ2n) is 6.24. The molecule has 0 aliphatic rings. The molecule has 0 saturated carbocycles. The molecule has 0 aromatic heterocycles. The van der Waals surface area contributed by atoms with Gasteiger partial charge in [-0.1, -0.05) is 19.9 Å². The summed E-state index contributed by atoms with van der Waals surface area (Å²) in [6.45, 7) is 4.02. The summed E-state index contributed by atoms with van der Waals surface area (Å²) >= 11 is 0. The molecule has 2 rings (SSSR count). The summed E-state index contributed by atoms with van der Waals surface area (Å²) in [6, 6.07) is 8.62. The maximum absolute atomic E-state index is 12.4. The number of non-ortho nitro benzene ring substituents is 1. The van der Waals surface area contributed by atoms with Gasteiger partial charge >= 0.3 is 5.97 Å². The number of hydrogen-bond acceptors (Lipinski definition) is 7. The molecule has 0 fully saturated rings. The van der Waals surface area contributed by atoms with Crippen molar-refractivity contribution in [2.75, 3.05) is 11.9 Å². The Morgan fingerprint density at radius 1 is 1.07 bits per heavy atom. The van der Waals surface area contributed by atoms with Gasteiger partial charge in [-0.25, -0.2) is 4.79 Å². The highest BCUT2D eigenvalue weighted by Crippen LogP contribution is 2.25. The summed E-state index contributed by atoms with van der Waals surface area (Å²) in [5.74, 6) is -1.24. The number of amides is 1. The summed E-state index contributed by atoms with van der Waals surface area (Å²) in [7, 11) is 0. The lowest BCUT2D eigenvalue weighted by atomic mass is 10.1. The predicted molar refractivity (Wildman–Crippen MR) is 99.3 cm³/mol. The van der Waals surface area contributed by atoms with Crippen LogP contribution in [0.25, 0.3) is 0 Å². The summed E-state index contributed by atoms with van der Waals surface area (Å²) in [6.07, 6.45) is 0. The van der Waals surface area contributed by atoms with Crippen LogP contribution in [-0.2, 0) is 4.74 Å². The van der Waals surface area contributed by atoms with Gasteiger partial charge < -0.3 is 10.1 Å². The van der Waals surface area contributed by atoms with Crippen LogP contribution in [-0.4, -0.2) is 28.3 Å². The number of nitrogens with zero attached hydrogens (tertiary/aromatic N) is 2. The minimum Gasteiger partial charge on any atom is -0.462 e. The zero-order valence-electron chi connectivity index (χ0n) is 15.1. The Morgan fingerprint density at radius 2 is 1.79 bits per heavy atom. The predicted octanol–water partition coefficient (Wildman–Crippen LogP) is 3.57. The van der Waals surface area contributed by atoms with Crippen molar-refractivity contribution in [2.45, 2.75) is 13.8 Å². The lowest BCUT2D eigenvalue weighted by Gasteiger charge is -2.09. The first-order valence-corrected chi connectivity index (χ1v) is 8.20. The Morgan fingerprint density at radius 3 is 2.39 bits per heavy atom. The number of hydrogen-bond donors (Lipinski definition) is 1. The molecule has 28 heavy (non-hydrogen) atoms. The average molecular weight is 387 g/mol. The fourth-order valence-electron chi connectivity index (χ4n) is 2.22. The Labute approximate surface area is 159 Å². The number of anilines is 1. The second-order valence-corrected chi connectivity index (χ2v) is 6.24. The van der Waals surface area contributed by atoms with Crippen LogP contribution in [0.4, 0.5) is 17.1 Å². The Kier molecular flexibility index (Phi) is 6.38. The van der Waals surface area contributed by atoms with Crippen molar-refractivity contribution >= 4 is 28.9 Å². The van der Waals surface area contributed by atoms with E-state index in [9.17, 15) is 29.8 Å². The minimum atomic E-state index is -0.873. The molecule has 2 aromatic carbocycles. The molecule has 2 aromatic rings. The molecule has 1 amide bonds. The number of benzene rings is 2. The van der Waals surface area contributed by atoms with E-state index in [2.05, 4.69) is 5.32 Å². The highest BCUT2D eigenvalue weighted by molar-refractivity contribution is 6.07. The third-order valence-corrected chi connectivity index (χ3v) is 3.54. The summed E-state index contributed by atoms with van der Waals surface area (Å²) in [5.41, 5.74) is -1.12. The van der Waals surface area contributed by atoms with E-state index in [0.29, 0.717) is 6.07 Å². The maximum Gasteiger partial charge on any atom is 0.338 e. The smallest absolute Gasteiger partial charge is 0.338 e. The first kappa shape index (κ1) is 20.5. The highest BCUT2D eigenvalue weighted by Gasteiger charge is 2.24. The molecule has 0 heterocycles. The lowest BCUT2D eigenvalue weighted by Crippen LogP contribution is -2.15. The minimum absolute atomic E-state index is 0.162. The van der Waals surface area contributed by atoms with Crippen molar-refractivity contribution in [3.8, 4) is 0 Å². The van der Waals surface area contributed by atoms with Gasteiger partial charge in [-0.05, 0) is 30.2 Å². The van der Waals surface area contributed by atoms with Crippen LogP contribution < -0.4 is 5.32 Å². The number of ether oxygens (including phenoxy) is 1. The number of carbonyl (C=O) groups is 2. The van der Waals surface area contributed by atoms with Gasteiger partial charge in [0.25, 0.3) is 17.3 Å². The Bertz CT molecular complexity index is 941. The molecular weight excluding hydrogens is 370 g/mol. The number of rotatable bonds is 7. The van der Waals surface area contributed by atoms with Gasteiger partial charge in [0.05, 0.1) is 28.1 Å². The fraction of sp³-hybridized carbons (Fsp3) is 0.222. The van der Waals surface area contributed by atoms with E-state index in [1.807, 2.05) is 13.8 Å². The van der Waals surface area contributed by atoms with Crippen LogP contribution in [0.15, 0.2) is 42.5 Å². The molecule has 0 saturated heterocycles. The zero-order chi connectivity index (χ0) is 20.8. The van der Waals surface area contributed by atoms with Crippen molar-refractivity contribution in [3.05, 3.63) is 73.8 Å². The highest BCUT2D eigenvalue weighted by atomic mass is 16.6. The molecule has 1 N–H and O–H groups in total. The lowest BCUT2D eigenvalue weighted by molar-refractivity contribution is -0.394. The SMILES string of the molecule is CC(C)COC(=O)c1cccc(NC(=O)c2ccc([N+](=O)[O-])cc2[N+](=O)[O-])c1. The van der Waals surface area contributed by atoms with Gasteiger partial charge in [0.1, 0.15) is 5.56 Å². The molecule has 0 atom stereocenters. The molecule has 10 heteroatoms. The molecule has 0 aliphatic carbocycles. The molecule has 0 spiro atoms. The molecule has 10 nitrogen and oxygen atoms in total. The number of carbonyl (C=O) groups excluding carboxylic acids is 2. The van der Waals surface area contributed by atoms with Crippen LogP contribution in [0.1, 0.15) is 34.6 Å². The normalized spacial score (nSPS) is 10.4. The van der Waals surface area contributed by atoms with Crippen molar-refractivity contribution < 1.29 is 24.2 Å². The largest absolute Gasteiger partial charge is 0.462 e. The summed E-state index contributed by atoms with van der Waals surface area (Å²) < 4.78 is 5.12. The molecule has 146 valence electrons. The van der Waals surface area contributed by atoms with E-state index < -0.39 is 33.1 Å². The molecule has 0 unspecified atom stereocenters. The summed E-state index contributed by atoms with van der Waals surface area (Å²) in [5, 5.41) is 24.4. The monoisotopic (exact) mass is 387 g/mol. The third kappa shape index (κ3) is 5.10. The summed E-state index contributed by atoms with van der Waals surface area (Å²) in [4.78, 5) is 44.7. The van der Waals surface area contributed by atoms with Gasteiger partial charge in [0.15, 0.2) is 0 Å². The van der Waals surface area contributed by atoms with Crippen LogP contribution in [0.2, 0.25) is 0 Å². The van der Waals surface area contributed by atoms with Crippen molar-refractivity contribution in [1.82, 2.24) is 0 Å². The number of nitro groups is 2. The van der Waals surface area contributed by atoms with Crippen LogP contribution in [0.3, 0.4) is 0 Å². The molecule has 0 radical (unpaired) electrons. The zero-order valence-corrected chi connectivity index (χ0v) is 15.1. The average Bonchev–Trinajstić information content (AvgIpc) is 2.65. The number of nitro benzene ring substituents is 2. The number of esters is 1. The van der Waals surface area contributed by atoms with Gasteiger partial charge in [-0.15, -0.1) is 0 Å². The standard InChI is InChI=1S/C18H17N3O7/c1-11(2)10-28-18(23)12-4-3-5-13(8-12)19-17(22)15-7-6-14(20(24)25)9-16(15)21(26)27/h3-9,11H,10H2,1-2H3,(H,19,22). The number of nitrogens with one attached hydrogen (secondary N) is 1. The van der Waals surface area contributed by atoms with E-state index >= 15 is 0 Å². The van der Waals surface area contributed by atoms with Crippen molar-refractivity contribution in [2.24, 2.45) is 5.92 Å². The van der Waals surface area contributed by atoms with E-state index in [0.717, 1.165) is 12.1 Å². The molecular formula is C18H17N3O7. The molecule has 0 aliphatic heterocycles. The van der Waals surface area contributed by atoms with Crippen LogP contribution in [0, 0.1) is 26.1 Å². The fourth-order valence-corrected chi connectivity index (χ4v) is 2.22. The van der Waals surface area contributed by atoms with Crippen molar-refractivity contribution in [3.63, 3.8) is 0 Å². The van der Waals surface area contributed by atoms with Crippen LogP contribution in [0.5, 0.6) is 0 Å². The van der Waals surface area contributed by atoms with E-state index in [1.54, 1.807) is 0 Å². The third-order valence-electron chi connectivity index (χ3n) is 3.54. The quantitative estimate of drug-likeness (QED) is 0.435. The van der Waals surface area contributed by atoms with Crippen molar-refractivity contribution in [1.29, 1.82) is 0 Å². The first-order valence-electron chi connectivity index (χ1n) is 8.20. The topological polar surface area (TPSA) is 142 Å². The van der Waals surface area contributed by atoms with E-state index in [1.165, 1.54) is 24.3 Å². The Hall–Kier alpha value is -3.82. The maximum atomic E-state index is 12.4. The van der Waals surface area contributed by atoms with E-state index in [4.69, 9.17) is 4.74 Å². The van der Waals surface area contributed by atoms with Gasteiger partial charge in [-0.3, -0.25) is 25.0 Å². The van der Waals surface area contributed by atoms with Gasteiger partial charge in [0, 0.05) is 11.8 Å². The second kappa shape index (κ2) is 8.71. The Balaban J connectivity index is 2.23.